The van der Waals surface area contributed by atoms with Crippen LogP contribution < -0.4 is 5.32 Å². The Bertz CT molecular complexity index is 692. The van der Waals surface area contributed by atoms with Crippen LogP contribution in [0.1, 0.15) is 39.8 Å². The molecule has 0 aliphatic rings. The minimum Gasteiger partial charge on any atom is -0.380 e. The van der Waals surface area contributed by atoms with Crippen LogP contribution in [0.15, 0.2) is 24.3 Å². The van der Waals surface area contributed by atoms with Gasteiger partial charge in [0.05, 0.1) is 12.3 Å². The second kappa shape index (κ2) is 7.42. The number of benzene rings is 1. The predicted octanol–water partition coefficient (Wildman–Crippen LogP) is 2.54. The largest absolute Gasteiger partial charge is 0.380 e. The zero-order valence-electron chi connectivity index (χ0n) is 14.5. The Morgan fingerprint density at radius 1 is 1.35 bits per heavy atom. The van der Waals surface area contributed by atoms with Gasteiger partial charge in [0.25, 0.3) is 5.91 Å². The zero-order chi connectivity index (χ0) is 17.0. The molecule has 0 fully saturated rings. The highest BCUT2D eigenvalue weighted by molar-refractivity contribution is 5.95. The summed E-state index contributed by atoms with van der Waals surface area (Å²) in [5.74, 6) is -0.0654. The molecule has 2 aromatic rings. The summed E-state index contributed by atoms with van der Waals surface area (Å²) in [6, 6.07) is 7.56. The average Bonchev–Trinajstić information content (AvgIpc) is 2.74. The standard InChI is InChI=1S/C18H25N3O2/c1-12(10-17-13(2)20-21(4)14(17)3)19-18(22)16-9-7-6-8-15(16)11-23-5/h6-9,12H,10-11H2,1-5H3,(H,19,22)/t12-/m0/s1. The van der Waals surface area contributed by atoms with Crippen LogP contribution in [-0.2, 0) is 24.8 Å². The van der Waals surface area contributed by atoms with Crippen LogP contribution in [0, 0.1) is 13.8 Å². The number of hydrogen-bond donors (Lipinski definition) is 1. The molecule has 5 heteroatoms. The van der Waals surface area contributed by atoms with Gasteiger partial charge in [0.2, 0.25) is 0 Å². The summed E-state index contributed by atoms with van der Waals surface area (Å²) >= 11 is 0. The third kappa shape index (κ3) is 3.99. The number of carbonyl (C=O) groups excluding carboxylic acids is 1. The molecule has 2 rings (SSSR count). The fraction of sp³-hybridized carbons (Fsp3) is 0.444. The lowest BCUT2D eigenvalue weighted by molar-refractivity contribution is 0.0935. The maximum absolute atomic E-state index is 12.5. The van der Waals surface area contributed by atoms with E-state index >= 15 is 0 Å². The highest BCUT2D eigenvalue weighted by Crippen LogP contribution is 2.15. The third-order valence-corrected chi connectivity index (χ3v) is 4.11. The molecule has 124 valence electrons. The van der Waals surface area contributed by atoms with Crippen molar-refractivity contribution >= 4 is 5.91 Å². The van der Waals surface area contributed by atoms with Crippen LogP contribution in [-0.4, -0.2) is 28.8 Å². The van der Waals surface area contributed by atoms with Crippen molar-refractivity contribution in [3.63, 3.8) is 0 Å². The Morgan fingerprint density at radius 3 is 2.65 bits per heavy atom. The zero-order valence-corrected chi connectivity index (χ0v) is 14.5. The topological polar surface area (TPSA) is 56.1 Å². The van der Waals surface area contributed by atoms with Crippen LogP contribution in [0.5, 0.6) is 0 Å². The fourth-order valence-electron chi connectivity index (χ4n) is 2.79. The number of nitrogens with zero attached hydrogens (tertiary/aromatic N) is 2. The first kappa shape index (κ1) is 17.2. The number of aromatic nitrogens is 2. The molecule has 1 N–H and O–H groups in total. The van der Waals surface area contributed by atoms with Gasteiger partial charge < -0.3 is 10.1 Å². The van der Waals surface area contributed by atoms with Gasteiger partial charge in [-0.3, -0.25) is 9.48 Å². The highest BCUT2D eigenvalue weighted by atomic mass is 16.5. The van der Waals surface area contributed by atoms with Crippen molar-refractivity contribution in [2.75, 3.05) is 7.11 Å². The van der Waals surface area contributed by atoms with Crippen LogP contribution in [0.4, 0.5) is 0 Å². The van der Waals surface area contributed by atoms with E-state index in [1.54, 1.807) is 7.11 Å². The van der Waals surface area contributed by atoms with E-state index in [-0.39, 0.29) is 11.9 Å². The molecule has 0 saturated heterocycles. The van der Waals surface area contributed by atoms with Crippen molar-refractivity contribution in [2.24, 2.45) is 7.05 Å². The number of amides is 1. The molecule has 1 aromatic carbocycles. The van der Waals surface area contributed by atoms with Gasteiger partial charge >= 0.3 is 0 Å². The van der Waals surface area contributed by atoms with E-state index < -0.39 is 0 Å². The van der Waals surface area contributed by atoms with Crippen molar-refractivity contribution in [3.8, 4) is 0 Å². The number of nitrogens with one attached hydrogen (secondary N) is 1. The van der Waals surface area contributed by atoms with Crippen molar-refractivity contribution < 1.29 is 9.53 Å². The van der Waals surface area contributed by atoms with E-state index in [0.717, 1.165) is 23.4 Å². The van der Waals surface area contributed by atoms with E-state index in [2.05, 4.69) is 17.3 Å². The van der Waals surface area contributed by atoms with E-state index in [0.29, 0.717) is 12.2 Å². The molecule has 0 bridgehead atoms. The van der Waals surface area contributed by atoms with Crippen molar-refractivity contribution in [3.05, 3.63) is 52.3 Å². The highest BCUT2D eigenvalue weighted by Gasteiger charge is 2.17. The molecule has 23 heavy (non-hydrogen) atoms. The van der Waals surface area contributed by atoms with Gasteiger partial charge in [0, 0.05) is 31.5 Å². The van der Waals surface area contributed by atoms with Crippen LogP contribution >= 0.6 is 0 Å². The van der Waals surface area contributed by atoms with Gasteiger partial charge in [-0.15, -0.1) is 0 Å². The predicted molar refractivity (Wildman–Crippen MR) is 90.5 cm³/mol. The Kier molecular flexibility index (Phi) is 5.55. The summed E-state index contributed by atoms with van der Waals surface area (Å²) in [4.78, 5) is 12.5. The van der Waals surface area contributed by atoms with E-state index in [9.17, 15) is 4.79 Å². The average molecular weight is 315 g/mol. The Morgan fingerprint density at radius 2 is 2.04 bits per heavy atom. The molecule has 0 unspecified atom stereocenters. The lowest BCUT2D eigenvalue weighted by Gasteiger charge is -2.16. The molecule has 0 aliphatic carbocycles. The lowest BCUT2D eigenvalue weighted by Crippen LogP contribution is -2.34. The first-order valence-corrected chi connectivity index (χ1v) is 7.80. The van der Waals surface area contributed by atoms with E-state index in [1.807, 2.05) is 49.8 Å². The summed E-state index contributed by atoms with van der Waals surface area (Å²) in [6.45, 7) is 6.50. The van der Waals surface area contributed by atoms with E-state index in [4.69, 9.17) is 4.74 Å². The first-order valence-electron chi connectivity index (χ1n) is 7.80. The quantitative estimate of drug-likeness (QED) is 0.891. The number of carbonyl (C=O) groups is 1. The molecule has 5 nitrogen and oxygen atoms in total. The molecule has 1 amide bonds. The number of methoxy groups -OCH3 is 1. The smallest absolute Gasteiger partial charge is 0.251 e. The van der Waals surface area contributed by atoms with Gasteiger partial charge in [0.1, 0.15) is 0 Å². The third-order valence-electron chi connectivity index (χ3n) is 4.11. The van der Waals surface area contributed by atoms with Gasteiger partial charge in [-0.25, -0.2) is 0 Å². The second-order valence-corrected chi connectivity index (χ2v) is 5.94. The lowest BCUT2D eigenvalue weighted by atomic mass is 10.0. The second-order valence-electron chi connectivity index (χ2n) is 5.94. The molecule has 1 aromatic heterocycles. The summed E-state index contributed by atoms with van der Waals surface area (Å²) in [7, 11) is 3.57. The Labute approximate surface area is 137 Å². The minimum absolute atomic E-state index is 0.0275. The minimum atomic E-state index is -0.0654. The molecule has 0 spiro atoms. The Balaban J connectivity index is 2.08. The van der Waals surface area contributed by atoms with Gasteiger partial charge in [-0.2, -0.15) is 5.10 Å². The van der Waals surface area contributed by atoms with Crippen LogP contribution in [0.2, 0.25) is 0 Å². The maximum Gasteiger partial charge on any atom is 0.251 e. The summed E-state index contributed by atoms with van der Waals surface area (Å²) in [6.07, 6.45) is 0.768. The van der Waals surface area contributed by atoms with Crippen LogP contribution in [0.3, 0.4) is 0 Å². The number of rotatable bonds is 6. The molecular formula is C18H25N3O2. The first-order chi connectivity index (χ1) is 10.9. The molecular weight excluding hydrogens is 290 g/mol. The van der Waals surface area contributed by atoms with Crippen molar-refractivity contribution in [1.82, 2.24) is 15.1 Å². The van der Waals surface area contributed by atoms with Gasteiger partial charge in [0.15, 0.2) is 0 Å². The summed E-state index contributed by atoms with van der Waals surface area (Å²) in [5.41, 5.74) is 4.93. The molecule has 1 heterocycles. The van der Waals surface area contributed by atoms with E-state index in [1.165, 1.54) is 5.56 Å². The summed E-state index contributed by atoms with van der Waals surface area (Å²) in [5, 5.41) is 7.50. The molecule has 0 aliphatic heterocycles. The van der Waals surface area contributed by atoms with Gasteiger partial charge in [-0.05, 0) is 44.4 Å². The number of hydrogen-bond acceptors (Lipinski definition) is 3. The monoisotopic (exact) mass is 315 g/mol. The van der Waals surface area contributed by atoms with Crippen LogP contribution in [0.25, 0.3) is 0 Å². The molecule has 0 radical (unpaired) electrons. The number of ether oxygens (including phenoxy) is 1. The van der Waals surface area contributed by atoms with Crippen molar-refractivity contribution in [1.29, 1.82) is 0 Å². The molecule has 0 saturated carbocycles. The number of aryl methyl sites for hydroxylation is 2. The molecule has 1 atom stereocenters. The SMILES string of the molecule is COCc1ccccc1C(=O)N[C@@H](C)Cc1c(C)nn(C)c1C. The summed E-state index contributed by atoms with van der Waals surface area (Å²) < 4.78 is 7.04. The Hall–Kier alpha value is -2.14. The fourth-order valence-corrected chi connectivity index (χ4v) is 2.79. The maximum atomic E-state index is 12.5. The van der Waals surface area contributed by atoms with Crippen molar-refractivity contribution in [2.45, 2.75) is 39.8 Å². The normalized spacial score (nSPS) is 12.2. The van der Waals surface area contributed by atoms with Gasteiger partial charge in [-0.1, -0.05) is 18.2 Å².